The van der Waals surface area contributed by atoms with Gasteiger partial charge in [-0.25, -0.2) is 4.98 Å². The number of fused-ring (bicyclic) bond motifs is 1. The molecule has 0 radical (unpaired) electrons. The molecule has 0 aliphatic carbocycles. The van der Waals surface area contributed by atoms with Gasteiger partial charge in [0.25, 0.3) is 5.91 Å². The number of amides is 1. The normalized spacial score (nSPS) is 10.8. The highest BCUT2D eigenvalue weighted by Crippen LogP contribution is 2.23. The molecule has 7 heteroatoms. The quantitative estimate of drug-likeness (QED) is 0.485. The van der Waals surface area contributed by atoms with Gasteiger partial charge in [0.1, 0.15) is 5.75 Å². The van der Waals surface area contributed by atoms with Gasteiger partial charge in [-0.05, 0) is 54.1 Å². The van der Waals surface area contributed by atoms with Crippen LogP contribution < -0.4 is 10.1 Å². The highest BCUT2D eigenvalue weighted by atomic mass is 79.9. The van der Waals surface area contributed by atoms with E-state index >= 15 is 0 Å². The van der Waals surface area contributed by atoms with Crippen LogP contribution in [0.3, 0.4) is 0 Å². The molecule has 28 heavy (non-hydrogen) atoms. The van der Waals surface area contributed by atoms with Crippen LogP contribution in [0.15, 0.2) is 75.8 Å². The van der Waals surface area contributed by atoms with E-state index in [1.807, 2.05) is 48.5 Å². The van der Waals surface area contributed by atoms with Crippen molar-refractivity contribution in [1.29, 1.82) is 0 Å². The molecule has 0 bridgehead atoms. The van der Waals surface area contributed by atoms with E-state index in [1.165, 1.54) is 0 Å². The van der Waals surface area contributed by atoms with E-state index in [-0.39, 0.29) is 12.5 Å². The summed E-state index contributed by atoms with van der Waals surface area (Å²) in [6.07, 6.45) is 1.68. The van der Waals surface area contributed by atoms with Crippen molar-refractivity contribution in [2.75, 3.05) is 6.61 Å². The molecule has 1 N–H and O–H groups in total. The summed E-state index contributed by atoms with van der Waals surface area (Å²) in [6, 6.07) is 18.6. The molecule has 0 atom stereocenters. The summed E-state index contributed by atoms with van der Waals surface area (Å²) in [5, 5.41) is 2.84. The molecule has 1 amide bonds. The fraction of sp³-hybridized carbons (Fsp3) is 0.0952. The van der Waals surface area contributed by atoms with Crippen LogP contribution in [0.5, 0.6) is 5.75 Å². The van der Waals surface area contributed by atoms with Crippen LogP contribution >= 0.6 is 15.9 Å². The number of carbonyl (C=O) groups is 1. The molecular weight excluding hydrogens is 422 g/mol. The molecule has 4 aromatic rings. The summed E-state index contributed by atoms with van der Waals surface area (Å²) in [7, 11) is 0. The fourth-order valence-electron chi connectivity index (χ4n) is 2.59. The Hall–Kier alpha value is -3.19. The number of carbonyl (C=O) groups excluding carboxylic acids is 1. The summed E-state index contributed by atoms with van der Waals surface area (Å²) < 4.78 is 12.1. The van der Waals surface area contributed by atoms with Gasteiger partial charge in [-0.1, -0.05) is 28.1 Å². The maximum absolute atomic E-state index is 12.0. The molecule has 2 aromatic heterocycles. The molecule has 2 heterocycles. The molecule has 6 nitrogen and oxygen atoms in total. The van der Waals surface area contributed by atoms with Crippen LogP contribution in [0.2, 0.25) is 0 Å². The molecule has 0 saturated heterocycles. The van der Waals surface area contributed by atoms with E-state index in [1.54, 1.807) is 18.3 Å². The lowest BCUT2D eigenvalue weighted by atomic mass is 10.1. The lowest BCUT2D eigenvalue weighted by Gasteiger charge is -2.08. The Morgan fingerprint density at radius 3 is 2.61 bits per heavy atom. The average Bonchev–Trinajstić information content (AvgIpc) is 3.16. The van der Waals surface area contributed by atoms with E-state index in [0.29, 0.717) is 29.4 Å². The maximum Gasteiger partial charge on any atom is 0.258 e. The van der Waals surface area contributed by atoms with Gasteiger partial charge in [0.05, 0.1) is 0 Å². The van der Waals surface area contributed by atoms with Gasteiger partial charge < -0.3 is 14.5 Å². The molecular formula is C21H16BrN3O3. The van der Waals surface area contributed by atoms with Crippen molar-refractivity contribution < 1.29 is 13.9 Å². The van der Waals surface area contributed by atoms with Gasteiger partial charge >= 0.3 is 0 Å². The Bertz CT molecular complexity index is 1060. The van der Waals surface area contributed by atoms with E-state index in [4.69, 9.17) is 9.15 Å². The summed E-state index contributed by atoms with van der Waals surface area (Å²) in [6.45, 7) is 0.382. The predicted molar refractivity (Wildman–Crippen MR) is 109 cm³/mol. The van der Waals surface area contributed by atoms with Crippen molar-refractivity contribution in [3.8, 4) is 17.2 Å². The van der Waals surface area contributed by atoms with Gasteiger partial charge in [0, 0.05) is 22.8 Å². The zero-order valence-electron chi connectivity index (χ0n) is 14.8. The molecule has 0 fully saturated rings. The minimum Gasteiger partial charge on any atom is -0.484 e. The fourth-order valence-corrected chi connectivity index (χ4v) is 2.85. The number of nitrogens with one attached hydrogen (secondary N) is 1. The van der Waals surface area contributed by atoms with Gasteiger partial charge in [0.15, 0.2) is 17.8 Å². The van der Waals surface area contributed by atoms with E-state index < -0.39 is 0 Å². The van der Waals surface area contributed by atoms with Gasteiger partial charge in [-0.2, -0.15) is 4.98 Å². The standard InChI is InChI=1S/C21H16BrN3O3/c22-16-7-9-17(10-8-16)27-13-19(26)24-12-14-3-5-15(6-4-14)21-25-20-18(28-21)2-1-11-23-20/h1-11H,12-13H2,(H,24,26). The van der Waals surface area contributed by atoms with Crippen LogP contribution in [-0.2, 0) is 11.3 Å². The largest absolute Gasteiger partial charge is 0.484 e. The maximum atomic E-state index is 12.0. The highest BCUT2D eigenvalue weighted by molar-refractivity contribution is 9.10. The van der Waals surface area contributed by atoms with Crippen molar-refractivity contribution in [3.63, 3.8) is 0 Å². The number of aromatic nitrogens is 2. The second-order valence-corrected chi connectivity index (χ2v) is 6.98. The summed E-state index contributed by atoms with van der Waals surface area (Å²) >= 11 is 3.36. The summed E-state index contributed by atoms with van der Waals surface area (Å²) in [5.41, 5.74) is 3.06. The number of benzene rings is 2. The van der Waals surface area contributed by atoms with Crippen LogP contribution in [0, 0.1) is 0 Å². The number of halogens is 1. The Morgan fingerprint density at radius 2 is 1.86 bits per heavy atom. The zero-order chi connectivity index (χ0) is 19.3. The Labute approximate surface area is 169 Å². The highest BCUT2D eigenvalue weighted by Gasteiger charge is 2.09. The SMILES string of the molecule is O=C(COc1ccc(Br)cc1)NCc1ccc(-c2nc3ncccc3o2)cc1. The monoisotopic (exact) mass is 437 g/mol. The number of ether oxygens (including phenoxy) is 1. The minimum atomic E-state index is -0.183. The summed E-state index contributed by atoms with van der Waals surface area (Å²) in [4.78, 5) is 20.5. The lowest BCUT2D eigenvalue weighted by molar-refractivity contribution is -0.123. The smallest absolute Gasteiger partial charge is 0.258 e. The van der Waals surface area contributed by atoms with Crippen LogP contribution in [-0.4, -0.2) is 22.5 Å². The topological polar surface area (TPSA) is 77.2 Å². The lowest BCUT2D eigenvalue weighted by Crippen LogP contribution is -2.28. The second kappa shape index (κ2) is 8.22. The third-order valence-electron chi connectivity index (χ3n) is 4.04. The number of oxazole rings is 1. The molecule has 0 unspecified atom stereocenters. The van der Waals surface area contributed by atoms with Crippen LogP contribution in [0.4, 0.5) is 0 Å². The van der Waals surface area contributed by atoms with E-state index in [0.717, 1.165) is 15.6 Å². The Morgan fingerprint density at radius 1 is 1.07 bits per heavy atom. The number of hydrogen-bond acceptors (Lipinski definition) is 5. The first-order chi connectivity index (χ1) is 13.7. The summed E-state index contributed by atoms with van der Waals surface area (Å²) in [5.74, 6) is 0.986. The molecule has 0 saturated carbocycles. The van der Waals surface area contributed by atoms with Crippen molar-refractivity contribution >= 4 is 33.1 Å². The van der Waals surface area contributed by atoms with Crippen molar-refractivity contribution in [2.24, 2.45) is 0 Å². The minimum absolute atomic E-state index is 0.0321. The van der Waals surface area contributed by atoms with Gasteiger partial charge in [0.2, 0.25) is 5.89 Å². The Kier molecular flexibility index (Phi) is 5.34. The van der Waals surface area contributed by atoms with Crippen LogP contribution in [0.1, 0.15) is 5.56 Å². The Balaban J connectivity index is 1.31. The van der Waals surface area contributed by atoms with Crippen molar-refractivity contribution in [3.05, 3.63) is 76.9 Å². The number of hydrogen-bond donors (Lipinski definition) is 1. The third kappa shape index (κ3) is 4.37. The van der Waals surface area contributed by atoms with Crippen molar-refractivity contribution in [2.45, 2.75) is 6.54 Å². The van der Waals surface area contributed by atoms with Gasteiger partial charge in [-0.15, -0.1) is 0 Å². The molecule has 2 aromatic carbocycles. The molecule has 0 aliphatic heterocycles. The molecule has 4 rings (SSSR count). The number of nitrogens with zero attached hydrogens (tertiary/aromatic N) is 2. The van der Waals surface area contributed by atoms with Crippen molar-refractivity contribution in [1.82, 2.24) is 15.3 Å². The average molecular weight is 438 g/mol. The first kappa shape index (κ1) is 18.2. The van der Waals surface area contributed by atoms with E-state index in [2.05, 4.69) is 31.2 Å². The second-order valence-electron chi connectivity index (χ2n) is 6.06. The first-order valence-corrected chi connectivity index (χ1v) is 9.42. The number of rotatable bonds is 6. The van der Waals surface area contributed by atoms with Crippen LogP contribution in [0.25, 0.3) is 22.7 Å². The zero-order valence-corrected chi connectivity index (χ0v) is 16.3. The molecule has 0 aliphatic rings. The van der Waals surface area contributed by atoms with E-state index in [9.17, 15) is 4.79 Å². The van der Waals surface area contributed by atoms with Gasteiger partial charge in [-0.3, -0.25) is 4.79 Å². The first-order valence-electron chi connectivity index (χ1n) is 8.63. The third-order valence-corrected chi connectivity index (χ3v) is 4.57. The molecule has 140 valence electrons. The molecule has 0 spiro atoms. The predicted octanol–water partition coefficient (Wildman–Crippen LogP) is 4.35. The number of pyridine rings is 1.